The number of piperazine rings is 1. The van der Waals surface area contributed by atoms with Crippen molar-refractivity contribution < 1.29 is 9.18 Å². The summed E-state index contributed by atoms with van der Waals surface area (Å²) in [4.78, 5) is 19.8. The number of halogens is 1. The van der Waals surface area contributed by atoms with Crippen LogP contribution < -0.4 is 10.2 Å². The van der Waals surface area contributed by atoms with E-state index in [2.05, 4.69) is 47.2 Å². The molecule has 0 spiro atoms. The number of Topliss-reactive ketones (excluding diaryl/α,β-unsaturated/α-hetero) is 1. The molecule has 1 aromatic carbocycles. The predicted octanol–water partition coefficient (Wildman–Crippen LogP) is 4.02. The molecule has 5 nitrogen and oxygen atoms in total. The number of ketones is 1. The molecule has 3 aromatic rings. The minimum atomic E-state index is -0.377. The van der Waals surface area contributed by atoms with Crippen molar-refractivity contribution in [3.05, 3.63) is 64.9 Å². The fourth-order valence-corrected chi connectivity index (χ4v) is 4.84. The minimum Gasteiger partial charge on any atom is -0.368 e. The van der Waals surface area contributed by atoms with Gasteiger partial charge in [0.05, 0.1) is 5.69 Å². The van der Waals surface area contributed by atoms with E-state index in [4.69, 9.17) is 0 Å². The van der Waals surface area contributed by atoms with Crippen LogP contribution in [0.5, 0.6) is 0 Å². The van der Waals surface area contributed by atoms with Gasteiger partial charge in [-0.15, -0.1) is 0 Å². The molecular formula is C25H27FN4O. The van der Waals surface area contributed by atoms with Gasteiger partial charge in [0.25, 0.3) is 0 Å². The van der Waals surface area contributed by atoms with Crippen LogP contribution in [0, 0.1) is 12.7 Å². The number of benzene rings is 1. The van der Waals surface area contributed by atoms with Crippen molar-refractivity contribution in [3.8, 4) is 0 Å². The highest BCUT2D eigenvalue weighted by molar-refractivity contribution is 6.25. The molecule has 0 unspecified atom stereocenters. The third kappa shape index (κ3) is 3.76. The minimum absolute atomic E-state index is 0.0442. The second kappa shape index (κ2) is 7.61. The summed E-state index contributed by atoms with van der Waals surface area (Å²) in [5, 5.41) is 3.57. The number of imidazole rings is 1. The second-order valence-corrected chi connectivity index (χ2v) is 8.96. The van der Waals surface area contributed by atoms with E-state index in [9.17, 15) is 9.18 Å². The van der Waals surface area contributed by atoms with Crippen LogP contribution in [0.25, 0.3) is 17.3 Å². The summed E-state index contributed by atoms with van der Waals surface area (Å²) >= 11 is 0. The van der Waals surface area contributed by atoms with Crippen LogP contribution in [0.1, 0.15) is 42.7 Å². The van der Waals surface area contributed by atoms with Crippen LogP contribution in [-0.4, -0.2) is 40.3 Å². The lowest BCUT2D eigenvalue weighted by Gasteiger charge is -2.38. The van der Waals surface area contributed by atoms with Crippen molar-refractivity contribution in [3.63, 3.8) is 0 Å². The Kier molecular flexibility index (Phi) is 4.89. The maximum atomic E-state index is 14.3. The van der Waals surface area contributed by atoms with E-state index < -0.39 is 0 Å². The summed E-state index contributed by atoms with van der Waals surface area (Å²) in [6.45, 7) is 8.19. The monoisotopic (exact) mass is 418 g/mol. The topological polar surface area (TPSA) is 49.6 Å². The molecule has 0 saturated carbocycles. The molecule has 1 N–H and O–H groups in total. The highest BCUT2D eigenvalue weighted by Gasteiger charge is 2.24. The molecule has 1 aliphatic carbocycles. The molecule has 1 aliphatic heterocycles. The molecule has 3 heterocycles. The summed E-state index contributed by atoms with van der Waals surface area (Å²) in [7, 11) is 0. The maximum Gasteiger partial charge on any atom is 0.173 e. The highest BCUT2D eigenvalue weighted by atomic mass is 19.1. The number of aryl methyl sites for hydroxylation is 2. The molecule has 1 fully saturated rings. The van der Waals surface area contributed by atoms with Crippen LogP contribution >= 0.6 is 0 Å². The first-order chi connectivity index (χ1) is 14.9. The normalized spacial score (nSPS) is 21.7. The summed E-state index contributed by atoms with van der Waals surface area (Å²) in [5.74, 6) is -0.333. The second-order valence-electron chi connectivity index (χ2n) is 8.96. The van der Waals surface area contributed by atoms with Gasteiger partial charge in [-0.2, -0.15) is 0 Å². The number of carbonyl (C=O) groups excluding carboxylic acids is 1. The standard InChI is InChI=1S/C25H27FN4O/c1-15-8-22(26)25-28-23(14-30(25)11-15)21-10-19-4-6-20(9-18(19)5-7-24(21)31)29-12-16(2)27-17(3)13-29/h4,6,8-11,14,16-17,27H,5,7,12-13H2,1-3H3/t16-,17+. The summed E-state index contributed by atoms with van der Waals surface area (Å²) in [6.07, 6.45) is 6.61. The van der Waals surface area contributed by atoms with E-state index >= 15 is 0 Å². The lowest BCUT2D eigenvalue weighted by Crippen LogP contribution is -2.54. The number of nitrogens with one attached hydrogen (secondary N) is 1. The van der Waals surface area contributed by atoms with Crippen molar-refractivity contribution in [1.82, 2.24) is 14.7 Å². The van der Waals surface area contributed by atoms with Crippen molar-refractivity contribution >= 4 is 28.8 Å². The van der Waals surface area contributed by atoms with Gasteiger partial charge in [0.2, 0.25) is 0 Å². The van der Waals surface area contributed by atoms with Crippen molar-refractivity contribution in [1.29, 1.82) is 0 Å². The Balaban J connectivity index is 1.52. The summed E-state index contributed by atoms with van der Waals surface area (Å²) < 4.78 is 16.0. The molecule has 31 heavy (non-hydrogen) atoms. The lowest BCUT2D eigenvalue weighted by molar-refractivity contribution is -0.113. The number of allylic oxidation sites excluding steroid dienone is 1. The zero-order valence-electron chi connectivity index (χ0n) is 18.2. The van der Waals surface area contributed by atoms with E-state index in [1.54, 1.807) is 10.6 Å². The highest BCUT2D eigenvalue weighted by Crippen LogP contribution is 2.30. The van der Waals surface area contributed by atoms with Gasteiger partial charge in [0.15, 0.2) is 17.2 Å². The Morgan fingerprint density at radius 1 is 1.10 bits per heavy atom. The molecule has 2 aliphatic rings. The van der Waals surface area contributed by atoms with Gasteiger partial charge in [-0.3, -0.25) is 4.79 Å². The van der Waals surface area contributed by atoms with Gasteiger partial charge < -0.3 is 14.6 Å². The Hall–Kier alpha value is -2.99. The fourth-order valence-electron chi connectivity index (χ4n) is 4.84. The molecular weight excluding hydrogens is 391 g/mol. The number of aromatic nitrogens is 2. The molecule has 5 rings (SSSR count). The number of fused-ring (bicyclic) bond motifs is 2. The average Bonchev–Trinajstić information content (AvgIpc) is 3.06. The molecule has 2 aromatic heterocycles. The van der Waals surface area contributed by atoms with Gasteiger partial charge >= 0.3 is 0 Å². The number of carbonyl (C=O) groups is 1. The maximum absolute atomic E-state index is 14.3. The van der Waals surface area contributed by atoms with E-state index in [-0.39, 0.29) is 17.2 Å². The lowest BCUT2D eigenvalue weighted by atomic mass is 10.0. The summed E-state index contributed by atoms with van der Waals surface area (Å²) in [5.41, 5.74) is 5.54. The van der Waals surface area contributed by atoms with E-state index in [1.807, 2.05) is 19.2 Å². The largest absolute Gasteiger partial charge is 0.368 e. The first-order valence-electron chi connectivity index (χ1n) is 10.9. The number of hydrogen-bond donors (Lipinski definition) is 1. The molecule has 0 radical (unpaired) electrons. The fraction of sp³-hybridized carbons (Fsp3) is 0.360. The van der Waals surface area contributed by atoms with Gasteiger partial charge in [0.1, 0.15) is 0 Å². The third-order valence-corrected chi connectivity index (χ3v) is 6.19. The van der Waals surface area contributed by atoms with Crippen LogP contribution in [0.4, 0.5) is 10.1 Å². The SMILES string of the molecule is Cc1cc(F)c2nc(C3=Cc4ccc(N5C[C@@H](C)N[C@@H](C)C5)cc4CCC3=O)cn2c1. The average molecular weight is 419 g/mol. The Labute approximate surface area is 181 Å². The van der Waals surface area contributed by atoms with Crippen LogP contribution in [0.15, 0.2) is 36.7 Å². The smallest absolute Gasteiger partial charge is 0.173 e. The van der Waals surface area contributed by atoms with Gasteiger partial charge in [-0.05, 0) is 68.2 Å². The molecule has 1 saturated heterocycles. The Morgan fingerprint density at radius 2 is 1.87 bits per heavy atom. The van der Waals surface area contributed by atoms with E-state index in [1.165, 1.54) is 17.3 Å². The van der Waals surface area contributed by atoms with E-state index in [0.717, 1.165) is 24.2 Å². The molecule has 6 heteroatoms. The number of nitrogens with zero attached hydrogens (tertiary/aromatic N) is 3. The number of pyridine rings is 1. The van der Waals surface area contributed by atoms with Gasteiger partial charge in [-0.25, -0.2) is 9.37 Å². The van der Waals surface area contributed by atoms with Crippen LogP contribution in [0.2, 0.25) is 0 Å². The number of anilines is 1. The van der Waals surface area contributed by atoms with Crippen molar-refractivity contribution in [2.45, 2.75) is 45.7 Å². The van der Waals surface area contributed by atoms with E-state index in [0.29, 0.717) is 36.2 Å². The number of rotatable bonds is 2. The zero-order valence-corrected chi connectivity index (χ0v) is 18.2. The molecule has 2 atom stereocenters. The first kappa shape index (κ1) is 19.9. The van der Waals surface area contributed by atoms with Crippen LogP contribution in [-0.2, 0) is 11.2 Å². The van der Waals surface area contributed by atoms with Crippen molar-refractivity contribution in [2.24, 2.45) is 0 Å². The quantitative estimate of drug-likeness (QED) is 0.683. The Bertz CT molecular complexity index is 1200. The van der Waals surface area contributed by atoms with Crippen LogP contribution in [0.3, 0.4) is 0 Å². The molecule has 0 bridgehead atoms. The zero-order chi connectivity index (χ0) is 21.7. The first-order valence-corrected chi connectivity index (χ1v) is 10.9. The van der Waals surface area contributed by atoms with Gasteiger partial charge in [-0.1, -0.05) is 6.07 Å². The number of hydrogen-bond acceptors (Lipinski definition) is 4. The third-order valence-electron chi connectivity index (χ3n) is 6.19. The van der Waals surface area contributed by atoms with Gasteiger partial charge in [0, 0.05) is 55.2 Å². The predicted molar refractivity (Wildman–Crippen MR) is 122 cm³/mol. The summed E-state index contributed by atoms with van der Waals surface area (Å²) in [6, 6.07) is 8.80. The molecule has 0 amide bonds. The molecule has 160 valence electrons. The Morgan fingerprint density at radius 3 is 2.65 bits per heavy atom. The van der Waals surface area contributed by atoms with Crippen molar-refractivity contribution in [2.75, 3.05) is 18.0 Å².